The highest BCUT2D eigenvalue weighted by atomic mass is 79.9. The maximum Gasteiger partial charge on any atom is 0.408 e. The monoisotopic (exact) mass is 340 g/mol. The SMILES string of the molecule is [2H]C(=O)C1(NC(=O)OC(C)(C)C)Cc2cccc(Br)c2C1. The Morgan fingerprint density at radius 1 is 1.50 bits per heavy atom. The Hall–Kier alpha value is -1.36. The van der Waals surface area contributed by atoms with Crippen LogP contribution in [0, 0.1) is 0 Å². The minimum absolute atomic E-state index is 0.297. The van der Waals surface area contributed by atoms with Gasteiger partial charge in [0.25, 0.3) is 0 Å². The minimum atomic E-state index is -1.24. The number of rotatable bonds is 2. The molecule has 1 aromatic rings. The van der Waals surface area contributed by atoms with Crippen molar-refractivity contribution in [2.45, 2.75) is 44.8 Å². The predicted octanol–water partition coefficient (Wildman–Crippen LogP) is 3.01. The number of aldehydes is 1. The molecular formula is C15H18BrNO3. The predicted molar refractivity (Wildman–Crippen MR) is 79.7 cm³/mol. The molecule has 0 aliphatic heterocycles. The zero-order valence-electron chi connectivity index (χ0n) is 12.7. The lowest BCUT2D eigenvalue weighted by molar-refractivity contribution is -0.113. The number of halogens is 1. The number of ether oxygens (including phenoxy) is 1. The van der Waals surface area contributed by atoms with Gasteiger partial charge in [-0.1, -0.05) is 28.1 Å². The Morgan fingerprint density at radius 3 is 2.75 bits per heavy atom. The summed E-state index contributed by atoms with van der Waals surface area (Å²) in [6, 6.07) is 5.67. The van der Waals surface area contributed by atoms with E-state index in [4.69, 9.17) is 6.11 Å². The zero-order chi connectivity index (χ0) is 15.8. The molecule has 0 radical (unpaired) electrons. The van der Waals surface area contributed by atoms with E-state index in [9.17, 15) is 9.59 Å². The number of benzene rings is 1. The summed E-state index contributed by atoms with van der Waals surface area (Å²) in [4.78, 5) is 23.8. The molecular weight excluding hydrogens is 322 g/mol. The Kier molecular flexibility index (Phi) is 3.54. The van der Waals surface area contributed by atoms with Gasteiger partial charge in [0.2, 0.25) is 0 Å². The summed E-state index contributed by atoms with van der Waals surface area (Å²) in [6.07, 6.45) is -0.877. The molecule has 1 aliphatic rings. The van der Waals surface area contributed by atoms with Crippen molar-refractivity contribution in [3.8, 4) is 0 Å². The third kappa shape index (κ3) is 3.20. The fourth-order valence-corrected chi connectivity index (χ4v) is 2.89. The molecule has 1 aromatic carbocycles. The van der Waals surface area contributed by atoms with Gasteiger partial charge in [-0.3, -0.25) is 0 Å². The lowest BCUT2D eigenvalue weighted by atomic mass is 9.98. The van der Waals surface area contributed by atoms with Crippen LogP contribution in [0.15, 0.2) is 22.7 Å². The second kappa shape index (κ2) is 5.20. The number of carbonyl (C=O) groups is 2. The van der Waals surface area contributed by atoms with Gasteiger partial charge in [0.15, 0.2) is 0 Å². The van der Waals surface area contributed by atoms with Crippen LogP contribution in [-0.2, 0) is 22.4 Å². The van der Waals surface area contributed by atoms with Crippen molar-refractivity contribution >= 4 is 28.3 Å². The number of carbonyl (C=O) groups excluding carboxylic acids is 2. The van der Waals surface area contributed by atoms with Crippen molar-refractivity contribution < 1.29 is 15.7 Å². The first kappa shape index (κ1) is 13.6. The van der Waals surface area contributed by atoms with Gasteiger partial charge in [-0.05, 0) is 38.0 Å². The number of fused-ring (bicyclic) bond motifs is 1. The summed E-state index contributed by atoms with van der Waals surface area (Å²) in [7, 11) is 0. The van der Waals surface area contributed by atoms with Gasteiger partial charge in [-0.25, -0.2) is 4.79 Å². The third-order valence-corrected chi connectivity index (χ3v) is 3.87. The van der Waals surface area contributed by atoms with E-state index in [0.29, 0.717) is 12.8 Å². The summed E-state index contributed by atoms with van der Waals surface area (Å²) in [5.41, 5.74) is 0.0203. The molecule has 1 N–H and O–H groups in total. The van der Waals surface area contributed by atoms with Gasteiger partial charge in [0, 0.05) is 17.3 Å². The van der Waals surface area contributed by atoms with Crippen LogP contribution in [0.2, 0.25) is 0 Å². The molecule has 1 amide bonds. The van der Waals surface area contributed by atoms with Crippen molar-refractivity contribution in [1.29, 1.82) is 0 Å². The Bertz CT molecular complexity index is 597. The van der Waals surface area contributed by atoms with E-state index in [2.05, 4.69) is 21.2 Å². The van der Waals surface area contributed by atoms with Crippen LogP contribution in [0.1, 0.15) is 33.3 Å². The Balaban J connectivity index is 2.24. The van der Waals surface area contributed by atoms with Crippen LogP contribution in [-0.4, -0.2) is 23.5 Å². The lowest BCUT2D eigenvalue weighted by Gasteiger charge is -2.27. The third-order valence-electron chi connectivity index (χ3n) is 3.12. The average Bonchev–Trinajstić information content (AvgIpc) is 2.67. The van der Waals surface area contributed by atoms with Crippen LogP contribution in [0.5, 0.6) is 0 Å². The molecule has 0 fully saturated rings. The number of hydrogen-bond acceptors (Lipinski definition) is 3. The number of alkyl carbamates (subject to hydrolysis) is 1. The zero-order valence-corrected chi connectivity index (χ0v) is 13.3. The van der Waals surface area contributed by atoms with Crippen LogP contribution < -0.4 is 5.32 Å². The topological polar surface area (TPSA) is 55.4 Å². The van der Waals surface area contributed by atoms with Gasteiger partial charge >= 0.3 is 6.09 Å². The number of nitrogens with one attached hydrogen (secondary N) is 1. The van der Waals surface area contributed by atoms with Crippen molar-refractivity contribution in [3.63, 3.8) is 0 Å². The maximum absolute atomic E-state index is 12.0. The maximum atomic E-state index is 12.0. The van der Waals surface area contributed by atoms with Crippen molar-refractivity contribution in [2.75, 3.05) is 0 Å². The second-order valence-corrected chi connectivity index (χ2v) is 6.90. The summed E-state index contributed by atoms with van der Waals surface area (Å²) in [5.74, 6) is 0. The van der Waals surface area contributed by atoms with Gasteiger partial charge < -0.3 is 14.8 Å². The smallest absolute Gasteiger partial charge is 0.408 e. The van der Waals surface area contributed by atoms with Gasteiger partial charge in [-0.2, -0.15) is 0 Å². The summed E-state index contributed by atoms with van der Waals surface area (Å²) < 4.78 is 13.7. The van der Waals surface area contributed by atoms with E-state index in [0.717, 1.165) is 15.6 Å². The van der Waals surface area contributed by atoms with Crippen molar-refractivity contribution in [2.24, 2.45) is 0 Å². The first-order chi connectivity index (χ1) is 9.63. The lowest BCUT2D eigenvalue weighted by Crippen LogP contribution is -2.52. The summed E-state index contributed by atoms with van der Waals surface area (Å²) in [5, 5.41) is 2.60. The quantitative estimate of drug-likeness (QED) is 0.842. The van der Waals surface area contributed by atoms with Gasteiger partial charge in [0.1, 0.15) is 18.8 Å². The van der Waals surface area contributed by atoms with Crippen molar-refractivity contribution in [1.82, 2.24) is 5.32 Å². The molecule has 5 heteroatoms. The van der Waals surface area contributed by atoms with Crippen LogP contribution in [0.3, 0.4) is 0 Å². The molecule has 20 heavy (non-hydrogen) atoms. The molecule has 0 saturated heterocycles. The van der Waals surface area contributed by atoms with Crippen molar-refractivity contribution in [3.05, 3.63) is 33.8 Å². The molecule has 4 nitrogen and oxygen atoms in total. The highest BCUT2D eigenvalue weighted by molar-refractivity contribution is 9.10. The molecule has 0 heterocycles. The van der Waals surface area contributed by atoms with Gasteiger partial charge in [0.05, 0.1) is 0 Å². The van der Waals surface area contributed by atoms with E-state index >= 15 is 0 Å². The molecule has 0 bridgehead atoms. The molecule has 1 aliphatic carbocycles. The molecule has 0 spiro atoms. The Morgan fingerprint density at radius 2 is 2.20 bits per heavy atom. The fraction of sp³-hybridized carbons (Fsp3) is 0.467. The van der Waals surface area contributed by atoms with E-state index in [1.54, 1.807) is 20.8 Å². The van der Waals surface area contributed by atoms with Crippen LogP contribution >= 0.6 is 15.9 Å². The number of amides is 1. The summed E-state index contributed by atoms with van der Waals surface area (Å²) >= 11 is 3.45. The first-order valence-electron chi connectivity index (χ1n) is 6.91. The highest BCUT2D eigenvalue weighted by Gasteiger charge is 2.40. The molecule has 1 unspecified atom stereocenters. The first-order valence-corrected chi connectivity index (χ1v) is 7.21. The normalized spacial score (nSPS) is 21.9. The molecule has 0 aromatic heterocycles. The largest absolute Gasteiger partial charge is 0.444 e. The molecule has 2 rings (SSSR count). The molecule has 1 atom stereocenters. The second-order valence-electron chi connectivity index (χ2n) is 6.04. The van der Waals surface area contributed by atoms with E-state index < -0.39 is 23.5 Å². The van der Waals surface area contributed by atoms with Gasteiger partial charge in [-0.15, -0.1) is 0 Å². The standard InChI is InChI=1S/C15H18BrNO3/c1-14(2,3)20-13(19)17-15(9-18)7-10-5-4-6-12(16)11(10)8-15/h4-6,9H,7-8H2,1-3H3,(H,17,19)/i9D. The van der Waals surface area contributed by atoms with E-state index in [1.165, 1.54) is 0 Å². The van der Waals surface area contributed by atoms with E-state index in [-0.39, 0.29) is 0 Å². The van der Waals surface area contributed by atoms with Crippen LogP contribution in [0.4, 0.5) is 4.79 Å². The molecule has 0 saturated carbocycles. The average molecular weight is 341 g/mol. The number of hydrogen-bond donors (Lipinski definition) is 1. The van der Waals surface area contributed by atoms with E-state index in [1.807, 2.05) is 18.2 Å². The van der Waals surface area contributed by atoms with Crippen LogP contribution in [0.25, 0.3) is 0 Å². The Labute approximate surface area is 128 Å². The summed E-state index contributed by atoms with van der Waals surface area (Å²) in [6.45, 7) is 5.26. The fourth-order valence-electron chi connectivity index (χ4n) is 2.34. The molecule has 108 valence electrons. The highest BCUT2D eigenvalue weighted by Crippen LogP contribution is 2.34. The minimum Gasteiger partial charge on any atom is -0.444 e.